The molecule has 0 aliphatic heterocycles. The molecular formula is C12H12N6OS. The normalized spacial score (nSPS) is 10.8. The highest BCUT2D eigenvalue weighted by atomic mass is 32.2. The third-order valence-electron chi connectivity index (χ3n) is 2.58. The quantitative estimate of drug-likeness (QED) is 0.707. The van der Waals surface area contributed by atoms with Crippen LogP contribution in [0, 0.1) is 6.92 Å². The molecule has 102 valence electrons. The maximum absolute atomic E-state index is 5.45. The van der Waals surface area contributed by atoms with E-state index in [-0.39, 0.29) is 0 Å². The molecule has 0 amide bonds. The summed E-state index contributed by atoms with van der Waals surface area (Å²) in [6.45, 7) is 2.03. The van der Waals surface area contributed by atoms with Gasteiger partial charge in [-0.15, -0.1) is 5.10 Å². The molecule has 0 saturated carbocycles. The van der Waals surface area contributed by atoms with Crippen molar-refractivity contribution < 1.29 is 4.52 Å². The maximum atomic E-state index is 5.45. The summed E-state index contributed by atoms with van der Waals surface area (Å²) in [6, 6.07) is 7.92. The van der Waals surface area contributed by atoms with E-state index in [9.17, 15) is 0 Å². The van der Waals surface area contributed by atoms with Gasteiger partial charge in [-0.25, -0.2) is 5.10 Å². The number of nitrogens with one attached hydrogen (secondary N) is 1. The Morgan fingerprint density at radius 1 is 1.25 bits per heavy atom. The van der Waals surface area contributed by atoms with Crippen LogP contribution in [-0.4, -0.2) is 25.3 Å². The van der Waals surface area contributed by atoms with Crippen molar-refractivity contribution in [1.82, 2.24) is 25.3 Å². The number of H-pyrrole nitrogens is 1. The third-order valence-corrected chi connectivity index (χ3v) is 3.42. The van der Waals surface area contributed by atoms with Gasteiger partial charge < -0.3 is 10.3 Å². The standard InChI is InChI=1S/C12H12N6OS/c1-7-2-4-8(5-3-7)10-14-9(18-19-10)6-20-12-15-11(13)16-17-12/h2-5H,6H2,1H3,(H3,13,15,16,17). The molecule has 0 atom stereocenters. The lowest BCUT2D eigenvalue weighted by Gasteiger charge is -1.94. The minimum Gasteiger partial charge on any atom is -0.368 e. The minimum absolute atomic E-state index is 0.293. The van der Waals surface area contributed by atoms with Crippen LogP contribution >= 0.6 is 11.8 Å². The zero-order valence-electron chi connectivity index (χ0n) is 10.7. The fraction of sp³-hybridized carbons (Fsp3) is 0.167. The van der Waals surface area contributed by atoms with E-state index in [1.165, 1.54) is 17.3 Å². The van der Waals surface area contributed by atoms with Gasteiger partial charge in [0.05, 0.1) is 5.75 Å². The van der Waals surface area contributed by atoms with E-state index in [2.05, 4.69) is 25.3 Å². The number of thioether (sulfide) groups is 1. The molecule has 20 heavy (non-hydrogen) atoms. The van der Waals surface area contributed by atoms with Crippen molar-refractivity contribution in [2.24, 2.45) is 0 Å². The van der Waals surface area contributed by atoms with Crippen molar-refractivity contribution in [2.75, 3.05) is 5.73 Å². The average molecular weight is 288 g/mol. The van der Waals surface area contributed by atoms with Gasteiger partial charge in [0, 0.05) is 5.56 Å². The molecule has 0 bridgehead atoms. The smallest absolute Gasteiger partial charge is 0.257 e. The molecule has 0 unspecified atom stereocenters. The molecule has 1 aromatic carbocycles. The molecular weight excluding hydrogens is 276 g/mol. The van der Waals surface area contributed by atoms with Crippen LogP contribution in [0.15, 0.2) is 33.9 Å². The number of aromatic amines is 1. The predicted octanol–water partition coefficient (Wildman–Crippen LogP) is 2.04. The van der Waals surface area contributed by atoms with Crippen molar-refractivity contribution in [3.8, 4) is 11.5 Å². The van der Waals surface area contributed by atoms with E-state index >= 15 is 0 Å². The van der Waals surface area contributed by atoms with Crippen molar-refractivity contribution in [2.45, 2.75) is 17.8 Å². The van der Waals surface area contributed by atoms with Crippen LogP contribution in [0.4, 0.5) is 5.95 Å². The van der Waals surface area contributed by atoms with Gasteiger partial charge in [0.2, 0.25) is 11.1 Å². The molecule has 3 aromatic rings. The number of nitrogen functional groups attached to an aromatic ring is 1. The van der Waals surface area contributed by atoms with E-state index < -0.39 is 0 Å². The monoisotopic (exact) mass is 288 g/mol. The fourth-order valence-electron chi connectivity index (χ4n) is 1.58. The van der Waals surface area contributed by atoms with E-state index in [4.69, 9.17) is 10.3 Å². The second kappa shape index (κ2) is 5.33. The van der Waals surface area contributed by atoms with Crippen molar-refractivity contribution in [3.05, 3.63) is 35.7 Å². The second-order valence-electron chi connectivity index (χ2n) is 4.17. The number of hydrogen-bond acceptors (Lipinski definition) is 7. The molecule has 7 nitrogen and oxygen atoms in total. The van der Waals surface area contributed by atoms with Crippen LogP contribution in [0.5, 0.6) is 0 Å². The number of aromatic nitrogens is 5. The maximum Gasteiger partial charge on any atom is 0.257 e. The van der Waals surface area contributed by atoms with Crippen LogP contribution < -0.4 is 5.73 Å². The zero-order valence-corrected chi connectivity index (χ0v) is 11.5. The lowest BCUT2D eigenvalue weighted by atomic mass is 10.1. The minimum atomic E-state index is 0.293. The van der Waals surface area contributed by atoms with Gasteiger partial charge in [0.15, 0.2) is 5.82 Å². The summed E-state index contributed by atoms with van der Waals surface area (Å²) in [5.41, 5.74) is 7.54. The molecule has 2 heterocycles. The number of anilines is 1. The molecule has 3 N–H and O–H groups in total. The Labute approximate surface area is 119 Å². The van der Waals surface area contributed by atoms with E-state index in [1.807, 2.05) is 31.2 Å². The van der Waals surface area contributed by atoms with E-state index in [1.54, 1.807) is 0 Å². The average Bonchev–Trinajstić information content (AvgIpc) is 3.06. The van der Waals surface area contributed by atoms with Crippen molar-refractivity contribution in [3.63, 3.8) is 0 Å². The van der Waals surface area contributed by atoms with E-state index in [0.717, 1.165) is 5.56 Å². The Hall–Kier alpha value is -2.35. The summed E-state index contributed by atoms with van der Waals surface area (Å²) < 4.78 is 5.24. The van der Waals surface area contributed by atoms with Gasteiger partial charge in [-0.05, 0) is 19.1 Å². The molecule has 0 fully saturated rings. The molecule has 0 radical (unpaired) electrons. The molecule has 2 aromatic heterocycles. The zero-order chi connectivity index (χ0) is 13.9. The highest BCUT2D eigenvalue weighted by Gasteiger charge is 2.10. The first-order valence-electron chi connectivity index (χ1n) is 5.91. The molecule has 0 saturated heterocycles. The molecule has 3 rings (SSSR count). The summed E-state index contributed by atoms with van der Waals surface area (Å²) in [5, 5.41) is 11.0. The van der Waals surface area contributed by atoms with Gasteiger partial charge in [0.1, 0.15) is 0 Å². The van der Waals surface area contributed by atoms with Crippen LogP contribution in [0.25, 0.3) is 11.5 Å². The number of benzene rings is 1. The van der Waals surface area contributed by atoms with Crippen molar-refractivity contribution in [1.29, 1.82) is 0 Å². The van der Waals surface area contributed by atoms with Gasteiger partial charge in [-0.3, -0.25) is 0 Å². The Bertz CT molecular complexity index is 705. The fourth-order valence-corrected chi connectivity index (χ4v) is 2.23. The Morgan fingerprint density at radius 2 is 2.05 bits per heavy atom. The lowest BCUT2D eigenvalue weighted by molar-refractivity contribution is 0.425. The second-order valence-corrected chi connectivity index (χ2v) is 5.12. The number of nitrogens with zero attached hydrogens (tertiary/aromatic N) is 4. The molecule has 0 aliphatic carbocycles. The first-order valence-corrected chi connectivity index (χ1v) is 6.89. The van der Waals surface area contributed by atoms with Crippen LogP contribution in [-0.2, 0) is 5.75 Å². The van der Waals surface area contributed by atoms with Crippen LogP contribution in [0.3, 0.4) is 0 Å². The predicted molar refractivity (Wildman–Crippen MR) is 74.8 cm³/mol. The lowest BCUT2D eigenvalue weighted by Crippen LogP contribution is -1.86. The first-order chi connectivity index (χ1) is 9.70. The molecule has 0 aliphatic rings. The molecule has 0 spiro atoms. The van der Waals surface area contributed by atoms with Gasteiger partial charge in [0.25, 0.3) is 5.89 Å². The number of rotatable bonds is 4. The largest absolute Gasteiger partial charge is 0.368 e. The summed E-state index contributed by atoms with van der Waals surface area (Å²) in [5.74, 6) is 1.91. The Morgan fingerprint density at radius 3 is 2.75 bits per heavy atom. The van der Waals surface area contributed by atoms with Crippen LogP contribution in [0.1, 0.15) is 11.4 Å². The highest BCUT2D eigenvalue weighted by Crippen LogP contribution is 2.21. The van der Waals surface area contributed by atoms with Crippen molar-refractivity contribution >= 4 is 17.7 Å². The van der Waals surface area contributed by atoms with E-state index in [0.29, 0.717) is 28.6 Å². The summed E-state index contributed by atoms with van der Waals surface area (Å²) in [7, 11) is 0. The van der Waals surface area contributed by atoms with Gasteiger partial charge in [-0.1, -0.05) is 34.6 Å². The Balaban J connectivity index is 1.69. The summed E-state index contributed by atoms with van der Waals surface area (Å²) in [4.78, 5) is 8.32. The SMILES string of the molecule is Cc1ccc(-c2nc(CSc3n[nH]c(N)n3)no2)cc1. The highest BCUT2D eigenvalue weighted by molar-refractivity contribution is 7.98. The topological polar surface area (TPSA) is 107 Å². The number of hydrogen-bond donors (Lipinski definition) is 2. The Kier molecular flexibility index (Phi) is 3.38. The third kappa shape index (κ3) is 2.80. The molecule has 8 heteroatoms. The first kappa shape index (κ1) is 12.7. The van der Waals surface area contributed by atoms with Crippen LogP contribution in [0.2, 0.25) is 0 Å². The van der Waals surface area contributed by atoms with Gasteiger partial charge in [-0.2, -0.15) is 9.97 Å². The summed E-state index contributed by atoms with van der Waals surface area (Å²) in [6.07, 6.45) is 0. The number of nitrogens with two attached hydrogens (primary N) is 1. The number of aryl methyl sites for hydroxylation is 1. The summed E-state index contributed by atoms with van der Waals surface area (Å²) >= 11 is 1.39. The van der Waals surface area contributed by atoms with Gasteiger partial charge >= 0.3 is 0 Å².